The molecule has 0 aliphatic carbocycles. The first-order valence-corrected chi connectivity index (χ1v) is 11.4. The van der Waals surface area contributed by atoms with Crippen LogP contribution in [0.2, 0.25) is 0 Å². The van der Waals surface area contributed by atoms with Crippen LogP contribution in [0.5, 0.6) is 0 Å². The third-order valence-electron chi connectivity index (χ3n) is 6.56. The molecule has 32 heavy (non-hydrogen) atoms. The first kappa shape index (κ1) is 22.6. The largest absolute Gasteiger partial charge is 0.371 e. The highest BCUT2D eigenvalue weighted by atomic mass is 16.7. The van der Waals surface area contributed by atoms with Crippen LogP contribution in [0, 0.1) is 0 Å². The summed E-state index contributed by atoms with van der Waals surface area (Å²) in [5.74, 6) is -1.11. The second-order valence-corrected chi connectivity index (χ2v) is 8.51. The molecule has 2 amide bonds. The van der Waals surface area contributed by atoms with E-state index in [0.717, 1.165) is 18.4 Å². The average molecular weight is 438 g/mol. The third kappa shape index (κ3) is 4.35. The Kier molecular flexibility index (Phi) is 6.74. The molecule has 1 fully saturated rings. The van der Waals surface area contributed by atoms with E-state index in [1.165, 1.54) is 4.90 Å². The first-order valence-electron chi connectivity index (χ1n) is 11.4. The second kappa shape index (κ2) is 9.53. The highest BCUT2D eigenvalue weighted by molar-refractivity contribution is 6.21. The molecule has 2 aliphatic rings. The van der Waals surface area contributed by atoms with Crippen LogP contribution in [-0.4, -0.2) is 47.4 Å². The van der Waals surface area contributed by atoms with Gasteiger partial charge in [0.05, 0.1) is 42.6 Å². The van der Waals surface area contributed by atoms with Gasteiger partial charge < -0.3 is 14.2 Å². The number of hydrogen-bond donors (Lipinski definition) is 0. The van der Waals surface area contributed by atoms with Crippen molar-refractivity contribution in [3.05, 3.63) is 71.3 Å². The fourth-order valence-corrected chi connectivity index (χ4v) is 4.54. The lowest BCUT2D eigenvalue weighted by atomic mass is 10.0. The zero-order valence-electron chi connectivity index (χ0n) is 19.0. The molecule has 6 heteroatoms. The van der Waals surface area contributed by atoms with Gasteiger partial charge in [0.1, 0.15) is 0 Å². The van der Waals surface area contributed by atoms with Crippen molar-refractivity contribution in [2.75, 3.05) is 6.61 Å². The van der Waals surface area contributed by atoms with Crippen molar-refractivity contribution in [3.63, 3.8) is 0 Å². The van der Waals surface area contributed by atoms with E-state index in [2.05, 4.69) is 13.8 Å². The number of fused-ring (bicyclic) bond motifs is 1. The molecular formula is C26H31NO5. The Balaban J connectivity index is 1.53. The van der Waals surface area contributed by atoms with Crippen LogP contribution in [0.1, 0.15) is 66.3 Å². The molecule has 0 saturated carbocycles. The van der Waals surface area contributed by atoms with Crippen molar-refractivity contribution in [3.8, 4) is 0 Å². The van der Waals surface area contributed by atoms with Gasteiger partial charge in [-0.2, -0.15) is 0 Å². The molecule has 2 aliphatic heterocycles. The molecular weight excluding hydrogens is 406 g/mol. The van der Waals surface area contributed by atoms with E-state index in [1.54, 1.807) is 24.3 Å². The van der Waals surface area contributed by atoms with Gasteiger partial charge in [-0.15, -0.1) is 0 Å². The summed E-state index contributed by atoms with van der Waals surface area (Å²) in [5, 5.41) is 0. The Morgan fingerprint density at radius 3 is 2.16 bits per heavy atom. The number of nitrogens with zero attached hydrogens (tertiary/aromatic N) is 1. The summed E-state index contributed by atoms with van der Waals surface area (Å²) in [7, 11) is 0. The summed E-state index contributed by atoms with van der Waals surface area (Å²) >= 11 is 0. The summed E-state index contributed by atoms with van der Waals surface area (Å²) in [6, 6.07) is 16.4. The Bertz CT molecular complexity index is 921. The summed E-state index contributed by atoms with van der Waals surface area (Å²) in [6.45, 7) is 6.84. The molecule has 170 valence electrons. The number of rotatable bonds is 9. The van der Waals surface area contributed by atoms with Gasteiger partial charge in [0, 0.05) is 6.42 Å². The van der Waals surface area contributed by atoms with Crippen LogP contribution in [0.15, 0.2) is 54.6 Å². The van der Waals surface area contributed by atoms with E-state index in [4.69, 9.17) is 14.2 Å². The molecule has 0 N–H and O–H groups in total. The van der Waals surface area contributed by atoms with Crippen molar-refractivity contribution >= 4 is 11.8 Å². The predicted octanol–water partition coefficient (Wildman–Crippen LogP) is 4.58. The molecule has 0 unspecified atom stereocenters. The smallest absolute Gasteiger partial charge is 0.261 e. The number of ether oxygens (including phenoxy) is 3. The van der Waals surface area contributed by atoms with E-state index in [1.807, 2.05) is 37.3 Å². The zero-order valence-corrected chi connectivity index (χ0v) is 19.0. The van der Waals surface area contributed by atoms with E-state index >= 15 is 0 Å². The number of imide groups is 1. The van der Waals surface area contributed by atoms with Gasteiger partial charge in [0.15, 0.2) is 5.79 Å². The molecule has 0 radical (unpaired) electrons. The molecule has 2 aromatic rings. The summed E-state index contributed by atoms with van der Waals surface area (Å²) in [4.78, 5) is 27.4. The Morgan fingerprint density at radius 2 is 1.59 bits per heavy atom. The molecule has 4 rings (SSSR count). The molecule has 1 saturated heterocycles. The Hall–Kier alpha value is -2.54. The highest BCUT2D eigenvalue weighted by Crippen LogP contribution is 2.34. The number of carbonyl (C=O) groups is 2. The monoisotopic (exact) mass is 437 g/mol. The Labute approximate surface area is 189 Å². The number of benzene rings is 2. The van der Waals surface area contributed by atoms with Gasteiger partial charge in [-0.3, -0.25) is 14.5 Å². The number of hydrogen-bond acceptors (Lipinski definition) is 5. The number of carbonyl (C=O) groups excluding carboxylic acids is 2. The minimum Gasteiger partial charge on any atom is -0.371 e. The first-order chi connectivity index (χ1) is 15.5. The molecule has 0 bridgehead atoms. The molecule has 3 atom stereocenters. The minimum absolute atomic E-state index is 0.159. The van der Waals surface area contributed by atoms with Crippen molar-refractivity contribution in [2.45, 2.75) is 70.7 Å². The second-order valence-electron chi connectivity index (χ2n) is 8.51. The predicted molar refractivity (Wildman–Crippen MR) is 120 cm³/mol. The van der Waals surface area contributed by atoms with E-state index in [9.17, 15) is 9.59 Å². The van der Waals surface area contributed by atoms with Crippen LogP contribution < -0.4 is 0 Å². The van der Waals surface area contributed by atoms with Crippen molar-refractivity contribution in [1.29, 1.82) is 0 Å². The topological polar surface area (TPSA) is 65.1 Å². The zero-order chi connectivity index (χ0) is 22.7. The van der Waals surface area contributed by atoms with Crippen LogP contribution in [-0.2, 0) is 20.8 Å². The quantitative estimate of drug-likeness (QED) is 0.538. The highest BCUT2D eigenvalue weighted by Gasteiger charge is 2.44. The molecule has 6 nitrogen and oxygen atoms in total. The fourth-order valence-electron chi connectivity index (χ4n) is 4.54. The number of amides is 2. The molecule has 2 aromatic carbocycles. The van der Waals surface area contributed by atoms with Gasteiger partial charge in [-0.25, -0.2) is 0 Å². The maximum absolute atomic E-state index is 13.1. The van der Waals surface area contributed by atoms with Crippen LogP contribution >= 0.6 is 0 Å². The lowest BCUT2D eigenvalue weighted by molar-refractivity contribution is -0.175. The van der Waals surface area contributed by atoms with Crippen molar-refractivity contribution < 1.29 is 23.8 Å². The lowest BCUT2D eigenvalue weighted by Crippen LogP contribution is -2.47. The van der Waals surface area contributed by atoms with Gasteiger partial charge in [0.2, 0.25) is 0 Å². The minimum atomic E-state index is -0.562. The van der Waals surface area contributed by atoms with Crippen LogP contribution in [0.3, 0.4) is 0 Å². The normalized spacial score (nSPS) is 21.6. The van der Waals surface area contributed by atoms with Gasteiger partial charge in [0.25, 0.3) is 11.8 Å². The maximum Gasteiger partial charge on any atom is 0.261 e. The lowest BCUT2D eigenvalue weighted by Gasteiger charge is -2.32. The standard InChI is InChI=1S/C26H31NO5/c1-4-26(5-2)31-17-20(32-26)15-23(30-16-19-11-7-6-8-12-19)18(3)27-24(28)21-13-9-10-14-22(21)25(27)29/h6-14,18,20,23H,4-5,15-17H2,1-3H3/t18-,20-,23-/m0/s1. The molecule has 0 spiro atoms. The van der Waals surface area contributed by atoms with Gasteiger partial charge in [-0.1, -0.05) is 56.3 Å². The van der Waals surface area contributed by atoms with E-state index < -0.39 is 17.9 Å². The van der Waals surface area contributed by atoms with Crippen LogP contribution in [0.4, 0.5) is 0 Å². The average Bonchev–Trinajstić information content (AvgIpc) is 3.36. The van der Waals surface area contributed by atoms with Gasteiger partial charge in [-0.05, 0) is 37.5 Å². The third-order valence-corrected chi connectivity index (χ3v) is 6.56. The summed E-state index contributed by atoms with van der Waals surface area (Å²) in [6.07, 6.45) is 1.51. The fraction of sp³-hybridized carbons (Fsp3) is 0.462. The molecule has 2 heterocycles. The van der Waals surface area contributed by atoms with E-state index in [-0.39, 0.29) is 17.9 Å². The Morgan fingerprint density at radius 1 is 1.00 bits per heavy atom. The maximum atomic E-state index is 13.1. The van der Waals surface area contributed by atoms with Gasteiger partial charge >= 0.3 is 0 Å². The van der Waals surface area contributed by atoms with Crippen molar-refractivity contribution in [1.82, 2.24) is 4.90 Å². The summed E-state index contributed by atoms with van der Waals surface area (Å²) in [5.41, 5.74) is 1.93. The van der Waals surface area contributed by atoms with Crippen LogP contribution in [0.25, 0.3) is 0 Å². The SMILES string of the molecule is CCC1(CC)OC[C@H](C[C@H](OCc2ccccc2)[C@H](C)N2C(=O)c3ccccc3C2=O)O1. The summed E-state index contributed by atoms with van der Waals surface area (Å²) < 4.78 is 18.6. The van der Waals surface area contributed by atoms with Crippen molar-refractivity contribution in [2.24, 2.45) is 0 Å². The van der Waals surface area contributed by atoms with E-state index in [0.29, 0.717) is 30.8 Å². The molecule has 0 aromatic heterocycles.